The summed E-state index contributed by atoms with van der Waals surface area (Å²) in [5, 5.41) is 0. The molecule has 0 unspecified atom stereocenters. The van der Waals surface area contributed by atoms with Crippen LogP contribution in [-0.4, -0.2) is 13.2 Å². The number of benzene rings is 1. The van der Waals surface area contributed by atoms with Gasteiger partial charge in [-0.25, -0.2) is 8.42 Å². The standard InChI is InChI=1S/C21H28O2S/c1-5-6-7-8-9-10-11-13-16-19(2)21(3,4)24(22,23)20-17-14-12-15-18-20/h5-6,9-18H,7-8H2,1-4H3/b6-5+,10-9+,13-11+,19-16+. The highest BCUT2D eigenvalue weighted by Gasteiger charge is 2.36. The summed E-state index contributed by atoms with van der Waals surface area (Å²) in [6.45, 7) is 7.38. The van der Waals surface area contributed by atoms with Crippen molar-refractivity contribution in [2.75, 3.05) is 0 Å². The molecule has 2 nitrogen and oxygen atoms in total. The van der Waals surface area contributed by atoms with Crippen LogP contribution in [0, 0.1) is 0 Å². The van der Waals surface area contributed by atoms with E-state index in [1.807, 2.05) is 50.3 Å². The molecule has 0 saturated carbocycles. The fourth-order valence-corrected chi connectivity index (χ4v) is 3.70. The number of hydrogen-bond donors (Lipinski definition) is 0. The Kier molecular flexibility index (Phi) is 7.93. The van der Waals surface area contributed by atoms with Crippen molar-refractivity contribution in [3.05, 3.63) is 78.4 Å². The lowest BCUT2D eigenvalue weighted by molar-refractivity contribution is 0.566. The maximum atomic E-state index is 12.8. The van der Waals surface area contributed by atoms with Crippen LogP contribution in [0.1, 0.15) is 40.5 Å². The van der Waals surface area contributed by atoms with Crippen molar-refractivity contribution >= 4 is 9.84 Å². The van der Waals surface area contributed by atoms with Gasteiger partial charge in [-0.3, -0.25) is 0 Å². The lowest BCUT2D eigenvalue weighted by atomic mass is 10.0. The predicted molar refractivity (Wildman–Crippen MR) is 104 cm³/mol. The molecule has 24 heavy (non-hydrogen) atoms. The Hall–Kier alpha value is -1.87. The SMILES string of the molecule is C/C=C/CC/C=C/C=C/C=C(\C)C(C)(C)S(=O)(=O)c1ccccc1. The van der Waals surface area contributed by atoms with Crippen LogP contribution in [0.3, 0.4) is 0 Å². The molecule has 0 N–H and O–H groups in total. The first kappa shape index (κ1) is 20.2. The van der Waals surface area contributed by atoms with E-state index in [4.69, 9.17) is 0 Å². The van der Waals surface area contributed by atoms with E-state index in [0.717, 1.165) is 18.4 Å². The van der Waals surface area contributed by atoms with Gasteiger partial charge < -0.3 is 0 Å². The highest BCUT2D eigenvalue weighted by atomic mass is 32.2. The van der Waals surface area contributed by atoms with Gasteiger partial charge in [0, 0.05) is 0 Å². The van der Waals surface area contributed by atoms with Crippen molar-refractivity contribution in [2.24, 2.45) is 0 Å². The predicted octanol–water partition coefficient (Wildman–Crippen LogP) is 5.65. The quantitative estimate of drug-likeness (QED) is 0.347. The molecule has 0 saturated heterocycles. The third kappa shape index (κ3) is 5.34. The number of allylic oxidation sites excluding steroid dienone is 7. The molecule has 1 aromatic rings. The third-order valence-electron chi connectivity index (χ3n) is 4.12. The number of sulfone groups is 1. The molecular formula is C21H28O2S. The topological polar surface area (TPSA) is 34.1 Å². The Morgan fingerprint density at radius 1 is 1.00 bits per heavy atom. The molecule has 130 valence electrons. The normalized spacial score (nSPS) is 14.2. The van der Waals surface area contributed by atoms with Gasteiger partial charge in [-0.1, -0.05) is 66.3 Å². The van der Waals surface area contributed by atoms with Gasteiger partial charge in [0.1, 0.15) is 0 Å². The second kappa shape index (κ2) is 9.43. The molecule has 0 aliphatic heterocycles. The molecular weight excluding hydrogens is 316 g/mol. The Morgan fingerprint density at radius 2 is 1.62 bits per heavy atom. The van der Waals surface area contributed by atoms with Gasteiger partial charge in [0.25, 0.3) is 0 Å². The summed E-state index contributed by atoms with van der Waals surface area (Å²) in [4.78, 5) is 0.357. The molecule has 0 atom stereocenters. The van der Waals surface area contributed by atoms with Gasteiger partial charge in [0.2, 0.25) is 0 Å². The summed E-state index contributed by atoms with van der Waals surface area (Å²) in [6.07, 6.45) is 16.0. The molecule has 1 rings (SSSR count). The largest absolute Gasteiger partial charge is 0.223 e. The molecule has 0 spiro atoms. The zero-order valence-electron chi connectivity index (χ0n) is 15.1. The summed E-state index contributed by atoms with van der Waals surface area (Å²) in [7, 11) is -3.42. The van der Waals surface area contributed by atoms with Gasteiger partial charge in [-0.2, -0.15) is 0 Å². The van der Waals surface area contributed by atoms with E-state index in [2.05, 4.69) is 12.2 Å². The van der Waals surface area contributed by atoms with Gasteiger partial charge in [-0.15, -0.1) is 0 Å². The maximum Gasteiger partial charge on any atom is 0.187 e. The first-order valence-corrected chi connectivity index (χ1v) is 9.73. The zero-order chi connectivity index (χ0) is 18.1. The van der Waals surface area contributed by atoms with Crippen molar-refractivity contribution in [1.82, 2.24) is 0 Å². The van der Waals surface area contributed by atoms with Crippen LogP contribution in [0.4, 0.5) is 0 Å². The summed E-state index contributed by atoms with van der Waals surface area (Å²) in [5.41, 5.74) is 0.810. The Bertz CT molecular complexity index is 718. The fraction of sp³-hybridized carbons (Fsp3) is 0.333. The lowest BCUT2D eigenvalue weighted by Gasteiger charge is -2.26. The van der Waals surface area contributed by atoms with Crippen LogP contribution in [0.15, 0.2) is 83.3 Å². The summed E-state index contributed by atoms with van der Waals surface area (Å²) < 4.78 is 24.7. The maximum absolute atomic E-state index is 12.8. The average molecular weight is 345 g/mol. The lowest BCUT2D eigenvalue weighted by Crippen LogP contribution is -2.33. The first-order chi connectivity index (χ1) is 11.3. The minimum Gasteiger partial charge on any atom is -0.223 e. The number of rotatable bonds is 8. The van der Waals surface area contributed by atoms with Crippen LogP contribution in [0.2, 0.25) is 0 Å². The first-order valence-electron chi connectivity index (χ1n) is 8.25. The van der Waals surface area contributed by atoms with Gasteiger partial charge >= 0.3 is 0 Å². The van der Waals surface area contributed by atoms with Gasteiger partial charge in [0.15, 0.2) is 9.84 Å². The van der Waals surface area contributed by atoms with Crippen molar-refractivity contribution in [3.8, 4) is 0 Å². The fourth-order valence-electron chi connectivity index (χ4n) is 2.10. The second-order valence-corrected chi connectivity index (χ2v) is 8.63. The van der Waals surface area contributed by atoms with E-state index in [1.54, 1.807) is 38.1 Å². The van der Waals surface area contributed by atoms with Crippen LogP contribution in [-0.2, 0) is 9.84 Å². The number of hydrogen-bond acceptors (Lipinski definition) is 2. The molecule has 0 fully saturated rings. The van der Waals surface area contributed by atoms with Crippen molar-refractivity contribution in [3.63, 3.8) is 0 Å². The Morgan fingerprint density at radius 3 is 2.25 bits per heavy atom. The minimum atomic E-state index is -3.42. The zero-order valence-corrected chi connectivity index (χ0v) is 15.9. The van der Waals surface area contributed by atoms with Crippen LogP contribution in [0.5, 0.6) is 0 Å². The van der Waals surface area contributed by atoms with E-state index in [1.165, 1.54) is 0 Å². The van der Waals surface area contributed by atoms with Gasteiger partial charge in [-0.05, 0) is 52.7 Å². The van der Waals surface area contributed by atoms with Gasteiger partial charge in [0.05, 0.1) is 9.64 Å². The van der Waals surface area contributed by atoms with E-state index in [-0.39, 0.29) is 0 Å². The smallest absolute Gasteiger partial charge is 0.187 e. The molecule has 0 radical (unpaired) electrons. The highest BCUT2D eigenvalue weighted by molar-refractivity contribution is 7.93. The molecule has 0 heterocycles. The van der Waals surface area contributed by atoms with E-state index < -0.39 is 14.6 Å². The molecule has 3 heteroatoms. The Labute approximate surface area is 147 Å². The van der Waals surface area contributed by atoms with Crippen molar-refractivity contribution < 1.29 is 8.42 Å². The van der Waals surface area contributed by atoms with E-state index >= 15 is 0 Å². The highest BCUT2D eigenvalue weighted by Crippen LogP contribution is 2.31. The van der Waals surface area contributed by atoms with Crippen LogP contribution >= 0.6 is 0 Å². The summed E-state index contributed by atoms with van der Waals surface area (Å²) >= 11 is 0. The molecule has 0 amide bonds. The van der Waals surface area contributed by atoms with E-state index in [0.29, 0.717) is 4.90 Å². The van der Waals surface area contributed by atoms with Crippen molar-refractivity contribution in [2.45, 2.75) is 50.2 Å². The van der Waals surface area contributed by atoms with Crippen LogP contribution < -0.4 is 0 Å². The summed E-state index contributed by atoms with van der Waals surface area (Å²) in [6, 6.07) is 8.61. The molecule has 1 aromatic carbocycles. The molecule has 0 aliphatic carbocycles. The summed E-state index contributed by atoms with van der Waals surface area (Å²) in [5.74, 6) is 0. The van der Waals surface area contributed by atoms with E-state index in [9.17, 15) is 8.42 Å². The number of unbranched alkanes of at least 4 members (excludes halogenated alkanes) is 1. The monoisotopic (exact) mass is 344 g/mol. The van der Waals surface area contributed by atoms with Crippen molar-refractivity contribution in [1.29, 1.82) is 0 Å². The van der Waals surface area contributed by atoms with Crippen LogP contribution in [0.25, 0.3) is 0 Å². The Balaban J connectivity index is 2.82. The molecule has 0 bridgehead atoms. The average Bonchev–Trinajstić information content (AvgIpc) is 2.57. The molecule has 0 aliphatic rings. The molecule has 0 aromatic heterocycles. The second-order valence-electron chi connectivity index (χ2n) is 6.14. The minimum absolute atomic E-state index is 0.357. The third-order valence-corrected chi connectivity index (χ3v) is 6.67.